The van der Waals surface area contributed by atoms with Gasteiger partial charge in [-0.1, -0.05) is 6.07 Å². The number of nitrogens with zero attached hydrogens (tertiary/aromatic N) is 1. The van der Waals surface area contributed by atoms with Crippen molar-refractivity contribution in [2.24, 2.45) is 5.73 Å². The molecule has 1 aromatic rings. The van der Waals surface area contributed by atoms with Crippen LogP contribution in [-0.2, 0) is 11.3 Å². The molecule has 1 aliphatic carbocycles. The number of hydrogen-bond donors (Lipinski definition) is 2. The van der Waals surface area contributed by atoms with Crippen LogP contribution in [0.3, 0.4) is 0 Å². The maximum Gasteiger partial charge on any atom is 0.239 e. The second kappa shape index (κ2) is 5.88. The van der Waals surface area contributed by atoms with Crippen molar-refractivity contribution < 1.29 is 9.18 Å². The van der Waals surface area contributed by atoms with E-state index in [9.17, 15) is 9.18 Å². The third-order valence-electron chi connectivity index (χ3n) is 3.10. The molecular formula is C13H17BrFN3O. The van der Waals surface area contributed by atoms with E-state index >= 15 is 0 Å². The van der Waals surface area contributed by atoms with Crippen LogP contribution in [0.5, 0.6) is 0 Å². The number of carbonyl (C=O) groups excluding carboxylic acids is 1. The normalized spacial score (nSPS) is 14.3. The Bertz CT molecular complexity index is 491. The Balaban J connectivity index is 2.07. The molecule has 1 aromatic carbocycles. The van der Waals surface area contributed by atoms with Gasteiger partial charge in [0.05, 0.1) is 16.7 Å². The first kappa shape index (κ1) is 14.3. The lowest BCUT2D eigenvalue weighted by Crippen LogP contribution is -2.36. The fourth-order valence-corrected chi connectivity index (χ4v) is 2.33. The molecule has 2 rings (SSSR count). The minimum atomic E-state index is -0.385. The van der Waals surface area contributed by atoms with Crippen molar-refractivity contribution >= 4 is 27.5 Å². The van der Waals surface area contributed by atoms with Crippen LogP contribution in [-0.4, -0.2) is 25.5 Å². The first-order valence-corrected chi connectivity index (χ1v) is 6.99. The fourth-order valence-electron chi connectivity index (χ4n) is 1.83. The van der Waals surface area contributed by atoms with Crippen LogP contribution in [0.2, 0.25) is 0 Å². The highest BCUT2D eigenvalue weighted by molar-refractivity contribution is 9.10. The zero-order valence-electron chi connectivity index (χ0n) is 10.7. The summed E-state index contributed by atoms with van der Waals surface area (Å²) in [4.78, 5) is 13.3. The number of halogens is 2. The van der Waals surface area contributed by atoms with Gasteiger partial charge in [0.1, 0.15) is 0 Å². The second-order valence-corrected chi connectivity index (χ2v) is 5.57. The number of nitrogens with one attached hydrogen (secondary N) is 1. The van der Waals surface area contributed by atoms with Crippen molar-refractivity contribution in [3.8, 4) is 0 Å². The van der Waals surface area contributed by atoms with E-state index in [4.69, 9.17) is 5.73 Å². The van der Waals surface area contributed by atoms with Gasteiger partial charge in [0.2, 0.25) is 5.91 Å². The molecule has 3 N–H and O–H groups in total. The summed E-state index contributed by atoms with van der Waals surface area (Å²) in [6.07, 6.45) is 2.08. The number of carbonyl (C=O) groups is 1. The van der Waals surface area contributed by atoms with Crippen LogP contribution in [0.1, 0.15) is 18.4 Å². The second-order valence-electron chi connectivity index (χ2n) is 4.77. The van der Waals surface area contributed by atoms with Gasteiger partial charge in [-0.25, -0.2) is 4.39 Å². The molecule has 4 nitrogen and oxygen atoms in total. The van der Waals surface area contributed by atoms with Crippen molar-refractivity contribution in [2.45, 2.75) is 25.4 Å². The van der Waals surface area contributed by atoms with E-state index in [-0.39, 0.29) is 24.8 Å². The van der Waals surface area contributed by atoms with Gasteiger partial charge >= 0.3 is 0 Å². The lowest BCUT2D eigenvalue weighted by atomic mass is 10.2. The van der Waals surface area contributed by atoms with Crippen LogP contribution < -0.4 is 16.0 Å². The van der Waals surface area contributed by atoms with E-state index in [0.717, 1.165) is 12.8 Å². The molecule has 0 aliphatic heterocycles. The summed E-state index contributed by atoms with van der Waals surface area (Å²) in [6, 6.07) is 3.72. The molecule has 1 saturated carbocycles. The third kappa shape index (κ3) is 3.45. The molecule has 104 valence electrons. The number of hydrogen-bond acceptors (Lipinski definition) is 3. The van der Waals surface area contributed by atoms with Crippen molar-refractivity contribution in [3.63, 3.8) is 0 Å². The number of likely N-dealkylation sites (N-methyl/N-ethyl adjacent to an activating group) is 1. The Morgan fingerprint density at radius 1 is 1.58 bits per heavy atom. The zero-order chi connectivity index (χ0) is 14.0. The monoisotopic (exact) mass is 329 g/mol. The minimum absolute atomic E-state index is 0.0802. The van der Waals surface area contributed by atoms with E-state index in [1.165, 1.54) is 0 Å². The predicted octanol–water partition coefficient (Wildman–Crippen LogP) is 1.76. The third-order valence-corrected chi connectivity index (χ3v) is 3.95. The van der Waals surface area contributed by atoms with Crippen molar-refractivity contribution in [2.75, 3.05) is 18.5 Å². The van der Waals surface area contributed by atoms with Crippen LogP contribution in [0.25, 0.3) is 0 Å². The highest BCUT2D eigenvalue weighted by atomic mass is 79.9. The molecule has 0 saturated heterocycles. The summed E-state index contributed by atoms with van der Waals surface area (Å²) in [5.74, 6) is -0.465. The number of anilines is 1. The largest absolute Gasteiger partial charge is 0.363 e. The summed E-state index contributed by atoms with van der Waals surface area (Å²) < 4.78 is 14.5. The van der Waals surface area contributed by atoms with Gasteiger partial charge in [0.15, 0.2) is 5.82 Å². The lowest BCUT2D eigenvalue weighted by Gasteiger charge is -2.20. The summed E-state index contributed by atoms with van der Waals surface area (Å²) in [7, 11) is 1.69. The average molecular weight is 330 g/mol. The average Bonchev–Trinajstić information content (AvgIpc) is 3.16. The Kier molecular flexibility index (Phi) is 4.42. The Morgan fingerprint density at radius 3 is 2.84 bits per heavy atom. The van der Waals surface area contributed by atoms with Crippen LogP contribution in [0.4, 0.5) is 10.1 Å². The Morgan fingerprint density at radius 2 is 2.26 bits per heavy atom. The standard InChI is InChI=1S/C13H17BrFN3O/c1-18(7-11(19)17-9-3-4-9)10-5-2-8(6-16)12(14)13(10)15/h2,5,9H,3-4,6-7,16H2,1H3,(H,17,19). The van der Waals surface area contributed by atoms with E-state index in [0.29, 0.717) is 21.8 Å². The molecular weight excluding hydrogens is 313 g/mol. The number of amides is 1. The molecule has 0 aromatic heterocycles. The lowest BCUT2D eigenvalue weighted by molar-refractivity contribution is -0.119. The molecule has 19 heavy (non-hydrogen) atoms. The molecule has 0 atom stereocenters. The van der Waals surface area contributed by atoms with Gasteiger partial charge < -0.3 is 16.0 Å². The van der Waals surface area contributed by atoms with Crippen LogP contribution >= 0.6 is 15.9 Å². The van der Waals surface area contributed by atoms with E-state index < -0.39 is 0 Å². The SMILES string of the molecule is CN(CC(=O)NC1CC1)c1ccc(CN)c(Br)c1F. The summed E-state index contributed by atoms with van der Waals surface area (Å²) in [5.41, 5.74) is 6.60. The predicted molar refractivity (Wildman–Crippen MR) is 76.4 cm³/mol. The first-order valence-electron chi connectivity index (χ1n) is 6.20. The highest BCUT2D eigenvalue weighted by Gasteiger charge is 2.24. The molecule has 0 spiro atoms. The summed E-state index contributed by atoms with van der Waals surface area (Å²) >= 11 is 3.19. The van der Waals surface area contributed by atoms with Crippen LogP contribution in [0.15, 0.2) is 16.6 Å². The topological polar surface area (TPSA) is 58.4 Å². The number of benzene rings is 1. The molecule has 0 bridgehead atoms. The quantitative estimate of drug-likeness (QED) is 0.865. The Hall–Kier alpha value is -1.14. The fraction of sp³-hybridized carbons (Fsp3) is 0.462. The van der Waals surface area contributed by atoms with Crippen molar-refractivity contribution in [1.82, 2.24) is 5.32 Å². The van der Waals surface area contributed by atoms with Gasteiger partial charge in [0, 0.05) is 19.6 Å². The maximum atomic E-state index is 14.1. The van der Waals surface area contributed by atoms with Gasteiger partial charge in [-0.15, -0.1) is 0 Å². The number of nitrogens with two attached hydrogens (primary N) is 1. The van der Waals surface area contributed by atoms with Gasteiger partial charge in [-0.2, -0.15) is 0 Å². The van der Waals surface area contributed by atoms with Crippen LogP contribution in [0, 0.1) is 5.82 Å². The molecule has 6 heteroatoms. The van der Waals surface area contributed by atoms with Gasteiger partial charge in [0.25, 0.3) is 0 Å². The maximum absolute atomic E-state index is 14.1. The minimum Gasteiger partial charge on any atom is -0.363 e. The zero-order valence-corrected chi connectivity index (χ0v) is 12.3. The molecule has 1 fully saturated rings. The Labute approximate surface area is 120 Å². The molecule has 1 amide bonds. The summed E-state index contributed by atoms with van der Waals surface area (Å²) in [6.45, 7) is 0.408. The van der Waals surface area contributed by atoms with Crippen molar-refractivity contribution in [1.29, 1.82) is 0 Å². The van der Waals surface area contributed by atoms with Gasteiger partial charge in [-0.3, -0.25) is 4.79 Å². The molecule has 0 radical (unpaired) electrons. The smallest absolute Gasteiger partial charge is 0.239 e. The van der Waals surface area contributed by atoms with E-state index in [1.807, 2.05) is 0 Å². The van der Waals surface area contributed by atoms with E-state index in [2.05, 4.69) is 21.2 Å². The van der Waals surface area contributed by atoms with E-state index in [1.54, 1.807) is 24.1 Å². The summed E-state index contributed by atoms with van der Waals surface area (Å²) in [5, 5.41) is 2.88. The number of rotatable bonds is 5. The highest BCUT2D eigenvalue weighted by Crippen LogP contribution is 2.28. The van der Waals surface area contributed by atoms with Gasteiger partial charge in [-0.05, 0) is 40.4 Å². The molecule has 1 aliphatic rings. The first-order chi connectivity index (χ1) is 9.02. The molecule has 0 heterocycles. The van der Waals surface area contributed by atoms with Crippen molar-refractivity contribution in [3.05, 3.63) is 28.0 Å². The molecule has 0 unspecified atom stereocenters.